The lowest BCUT2D eigenvalue weighted by molar-refractivity contribution is -0.159. The number of carbonyl (C=O) groups excluding carboxylic acids is 2. The highest BCUT2D eigenvalue weighted by atomic mass is 16.6. The Bertz CT molecular complexity index is 619. The zero-order valence-electron chi connectivity index (χ0n) is 22.7. The topological polar surface area (TPSA) is 214 Å². The van der Waals surface area contributed by atoms with Crippen LogP contribution in [0.1, 0.15) is 90.9 Å². The summed E-state index contributed by atoms with van der Waals surface area (Å²) in [6.07, 6.45) is -5.37. The molecule has 0 spiro atoms. The van der Waals surface area contributed by atoms with Crippen molar-refractivity contribution >= 4 is 11.9 Å². The van der Waals surface area contributed by atoms with E-state index in [-0.39, 0.29) is 19.3 Å². The van der Waals surface area contributed by atoms with Crippen LogP contribution < -0.4 is 0 Å². The first-order chi connectivity index (χ1) is 17.9. The van der Waals surface area contributed by atoms with E-state index in [2.05, 4.69) is 0 Å². The molecule has 0 aliphatic rings. The molecule has 8 atom stereocenters. The average molecular weight is 555 g/mol. The molecular weight excluding hydrogens is 504 g/mol. The van der Waals surface area contributed by atoms with E-state index >= 15 is 0 Å². The van der Waals surface area contributed by atoms with Crippen molar-refractivity contribution < 1.29 is 59.9 Å². The second kappa shape index (κ2) is 21.4. The molecule has 226 valence electrons. The monoisotopic (exact) mass is 554 g/mol. The van der Waals surface area contributed by atoms with Gasteiger partial charge < -0.3 is 50.3 Å². The smallest absolute Gasteiger partial charge is 0.308 e. The van der Waals surface area contributed by atoms with Crippen LogP contribution in [0.3, 0.4) is 0 Å². The van der Waals surface area contributed by atoms with Crippen molar-refractivity contribution in [3.63, 3.8) is 0 Å². The zero-order chi connectivity index (χ0) is 29.1. The Morgan fingerprint density at radius 2 is 1.18 bits per heavy atom. The summed E-state index contributed by atoms with van der Waals surface area (Å²) in [5.74, 6) is -1.58. The lowest BCUT2D eigenvalue weighted by Crippen LogP contribution is -2.47. The maximum absolute atomic E-state index is 12.4. The number of hydrogen-bond acceptors (Lipinski definition) is 12. The summed E-state index contributed by atoms with van der Waals surface area (Å²) in [4.78, 5) is 24.4. The number of aliphatic hydroxyl groups excluding tert-OH is 8. The third kappa shape index (κ3) is 17.3. The van der Waals surface area contributed by atoms with Gasteiger partial charge in [-0.3, -0.25) is 9.59 Å². The fourth-order valence-corrected chi connectivity index (χ4v) is 3.90. The predicted molar refractivity (Wildman–Crippen MR) is 137 cm³/mol. The molecule has 0 unspecified atom stereocenters. The van der Waals surface area contributed by atoms with Crippen LogP contribution in [-0.2, 0) is 19.1 Å². The Kier molecular flexibility index (Phi) is 20.7. The van der Waals surface area contributed by atoms with Gasteiger partial charge in [-0.05, 0) is 25.7 Å². The van der Waals surface area contributed by atoms with Crippen LogP contribution in [0, 0.1) is 0 Å². The summed E-state index contributed by atoms with van der Waals surface area (Å²) in [6, 6.07) is 0. The first kappa shape index (κ1) is 36.6. The minimum Gasteiger partial charge on any atom is -0.463 e. The van der Waals surface area contributed by atoms with E-state index in [1.807, 2.05) is 13.8 Å². The highest BCUT2D eigenvalue weighted by molar-refractivity contribution is 5.70. The largest absolute Gasteiger partial charge is 0.463 e. The molecule has 0 fully saturated rings. The first-order valence-electron chi connectivity index (χ1n) is 13.7. The molecule has 0 bridgehead atoms. The van der Waals surface area contributed by atoms with Crippen molar-refractivity contribution in [1.82, 2.24) is 0 Å². The molecule has 12 heteroatoms. The van der Waals surface area contributed by atoms with Crippen LogP contribution in [0.4, 0.5) is 0 Å². The molecule has 8 N–H and O–H groups in total. The van der Waals surface area contributed by atoms with Crippen molar-refractivity contribution in [1.29, 1.82) is 0 Å². The maximum Gasteiger partial charge on any atom is 0.308 e. The second-order valence-corrected chi connectivity index (χ2v) is 9.93. The van der Waals surface area contributed by atoms with E-state index in [9.17, 15) is 45.3 Å². The standard InChI is InChI=1S/C26H50O12/c1-3-5-7-9-17(28)11-18(29)14-24(34)38-20(10-8-6-4-2)12-19(30)13-23(33)37-16-22(32)26(36)25(35)21(31)15-27/h17-22,25-32,35-36H,3-16H2,1-2H3/t17-,18-,19-,20+,21-,22-,25-,26-/m0/s1. The minimum atomic E-state index is -1.88. The fourth-order valence-electron chi connectivity index (χ4n) is 3.90. The van der Waals surface area contributed by atoms with Gasteiger partial charge in [-0.25, -0.2) is 0 Å². The lowest BCUT2D eigenvalue weighted by atomic mass is 10.0. The fraction of sp³-hybridized carbons (Fsp3) is 0.923. The Labute approximate surface area is 225 Å². The van der Waals surface area contributed by atoms with Crippen LogP contribution in [0.5, 0.6) is 0 Å². The molecule has 0 amide bonds. The van der Waals surface area contributed by atoms with Crippen molar-refractivity contribution in [2.45, 2.75) is 140 Å². The SMILES string of the molecule is CCCCC[C@H](O)C[C@H](O)CC(=O)O[C@H](CCCCC)C[C@H](O)CC(=O)OC[C@H](O)[C@H](O)[C@@H](O)[C@@H](O)CO. The van der Waals surface area contributed by atoms with Gasteiger partial charge in [0.2, 0.25) is 0 Å². The molecule has 0 radical (unpaired) electrons. The number of hydrogen-bond donors (Lipinski definition) is 8. The van der Waals surface area contributed by atoms with Crippen LogP contribution >= 0.6 is 0 Å². The van der Waals surface area contributed by atoms with Gasteiger partial charge in [0.15, 0.2) is 0 Å². The summed E-state index contributed by atoms with van der Waals surface area (Å²) in [5, 5.41) is 77.8. The van der Waals surface area contributed by atoms with Gasteiger partial charge in [0.25, 0.3) is 0 Å². The molecule has 0 aliphatic carbocycles. The van der Waals surface area contributed by atoms with Gasteiger partial charge in [-0.15, -0.1) is 0 Å². The van der Waals surface area contributed by atoms with Gasteiger partial charge in [-0.2, -0.15) is 0 Å². The summed E-state index contributed by atoms with van der Waals surface area (Å²) >= 11 is 0. The Morgan fingerprint density at radius 3 is 1.76 bits per heavy atom. The van der Waals surface area contributed by atoms with Crippen LogP contribution in [-0.4, -0.2) is 115 Å². The zero-order valence-corrected chi connectivity index (χ0v) is 22.7. The Hall–Kier alpha value is -1.38. The Balaban J connectivity index is 4.69. The summed E-state index contributed by atoms with van der Waals surface area (Å²) in [5.41, 5.74) is 0. The molecular formula is C26H50O12. The third-order valence-electron chi connectivity index (χ3n) is 6.19. The highest BCUT2D eigenvalue weighted by Gasteiger charge is 2.31. The number of aliphatic hydroxyl groups is 8. The van der Waals surface area contributed by atoms with Gasteiger partial charge in [0.1, 0.15) is 37.1 Å². The van der Waals surface area contributed by atoms with Gasteiger partial charge in [0, 0.05) is 6.42 Å². The van der Waals surface area contributed by atoms with Gasteiger partial charge in [0.05, 0.1) is 37.8 Å². The van der Waals surface area contributed by atoms with E-state index in [0.717, 1.165) is 38.5 Å². The number of rotatable bonds is 23. The van der Waals surface area contributed by atoms with Gasteiger partial charge in [-0.1, -0.05) is 46.0 Å². The van der Waals surface area contributed by atoms with Crippen molar-refractivity contribution in [3.8, 4) is 0 Å². The average Bonchev–Trinajstić information content (AvgIpc) is 2.85. The van der Waals surface area contributed by atoms with Crippen LogP contribution in [0.25, 0.3) is 0 Å². The van der Waals surface area contributed by atoms with Gasteiger partial charge >= 0.3 is 11.9 Å². The van der Waals surface area contributed by atoms with Crippen molar-refractivity contribution in [2.75, 3.05) is 13.2 Å². The third-order valence-corrected chi connectivity index (χ3v) is 6.19. The van der Waals surface area contributed by atoms with E-state index in [1.165, 1.54) is 0 Å². The minimum absolute atomic E-state index is 0.0598. The molecule has 0 aromatic carbocycles. The Morgan fingerprint density at radius 1 is 0.658 bits per heavy atom. The van der Waals surface area contributed by atoms with E-state index in [4.69, 9.17) is 14.6 Å². The lowest BCUT2D eigenvalue weighted by Gasteiger charge is -2.25. The molecule has 0 aliphatic heterocycles. The molecule has 0 saturated carbocycles. The molecule has 0 rings (SSSR count). The van der Waals surface area contributed by atoms with Crippen molar-refractivity contribution in [2.24, 2.45) is 0 Å². The molecule has 0 saturated heterocycles. The second-order valence-electron chi connectivity index (χ2n) is 9.93. The molecule has 38 heavy (non-hydrogen) atoms. The first-order valence-corrected chi connectivity index (χ1v) is 13.7. The van der Waals surface area contributed by atoms with E-state index in [1.54, 1.807) is 0 Å². The number of esters is 2. The number of ether oxygens (including phenoxy) is 2. The predicted octanol–water partition coefficient (Wildman–Crippen LogP) is -0.319. The van der Waals surface area contributed by atoms with E-state index < -0.39 is 80.4 Å². The summed E-state index contributed by atoms with van der Waals surface area (Å²) in [6.45, 7) is 2.48. The van der Waals surface area contributed by atoms with Crippen LogP contribution in [0.15, 0.2) is 0 Å². The van der Waals surface area contributed by atoms with Crippen molar-refractivity contribution in [3.05, 3.63) is 0 Å². The summed E-state index contributed by atoms with van der Waals surface area (Å²) in [7, 11) is 0. The molecule has 0 aromatic rings. The molecule has 0 aromatic heterocycles. The highest BCUT2D eigenvalue weighted by Crippen LogP contribution is 2.17. The quantitative estimate of drug-likeness (QED) is 0.0603. The summed E-state index contributed by atoms with van der Waals surface area (Å²) < 4.78 is 10.3. The normalized spacial score (nSPS) is 18.1. The number of unbranched alkanes of at least 4 members (excludes halogenated alkanes) is 4. The molecule has 12 nitrogen and oxygen atoms in total. The van der Waals surface area contributed by atoms with E-state index in [0.29, 0.717) is 12.8 Å². The maximum atomic E-state index is 12.4. The molecule has 0 heterocycles. The number of carbonyl (C=O) groups is 2. The van der Waals surface area contributed by atoms with Crippen LogP contribution in [0.2, 0.25) is 0 Å².